The molecule has 1 N–H and O–H groups in total. The number of carbonyl (C=O) groups excluding carboxylic acids is 1. The molecule has 2 nitrogen and oxygen atoms in total. The van der Waals surface area contributed by atoms with Gasteiger partial charge < -0.3 is 5.32 Å². The molecule has 0 aromatic heterocycles. The fourth-order valence-corrected chi connectivity index (χ4v) is 1.72. The van der Waals surface area contributed by atoms with Crippen LogP contribution >= 0.6 is 0 Å². The van der Waals surface area contributed by atoms with Gasteiger partial charge in [0.05, 0.1) is 5.54 Å². The molecule has 0 radical (unpaired) electrons. The lowest BCUT2D eigenvalue weighted by Crippen LogP contribution is -2.42. The van der Waals surface area contributed by atoms with Crippen LogP contribution < -0.4 is 5.32 Å². The van der Waals surface area contributed by atoms with E-state index in [4.69, 9.17) is 6.42 Å². The third-order valence-electron chi connectivity index (χ3n) is 2.77. The van der Waals surface area contributed by atoms with Crippen LogP contribution in [0.5, 0.6) is 0 Å². The van der Waals surface area contributed by atoms with Gasteiger partial charge >= 0.3 is 0 Å². The molecule has 1 aromatic rings. The van der Waals surface area contributed by atoms with Gasteiger partial charge in [-0.25, -0.2) is 0 Å². The monoisotopic (exact) mass is 243 g/mol. The van der Waals surface area contributed by atoms with Crippen LogP contribution in [-0.2, 0) is 5.41 Å². The van der Waals surface area contributed by atoms with Gasteiger partial charge in [-0.15, -0.1) is 6.42 Å². The molecule has 0 spiro atoms. The van der Waals surface area contributed by atoms with Gasteiger partial charge in [0.25, 0.3) is 5.91 Å². The lowest BCUT2D eigenvalue weighted by atomic mass is 9.83. The number of nitrogens with one attached hydrogen (secondary N) is 1. The highest BCUT2D eigenvalue weighted by atomic mass is 16.1. The zero-order valence-corrected chi connectivity index (χ0v) is 11.8. The third kappa shape index (κ3) is 3.37. The maximum atomic E-state index is 12.3. The van der Waals surface area contributed by atoms with Gasteiger partial charge in [0.1, 0.15) is 0 Å². The van der Waals surface area contributed by atoms with Crippen molar-refractivity contribution in [2.45, 2.75) is 45.6 Å². The fourth-order valence-electron chi connectivity index (χ4n) is 1.72. The van der Waals surface area contributed by atoms with Crippen LogP contribution in [0.4, 0.5) is 0 Å². The first kappa shape index (κ1) is 14.3. The SMILES string of the molecule is C#CC(C)(C)NC(=O)c1ccccc1C(C)(C)C. The quantitative estimate of drug-likeness (QED) is 0.794. The number of rotatable bonds is 2. The molecule has 0 fully saturated rings. The number of hydrogen-bond donors (Lipinski definition) is 1. The Bertz CT molecular complexity index is 487. The Morgan fingerprint density at radius 3 is 2.22 bits per heavy atom. The van der Waals surface area contributed by atoms with E-state index in [1.807, 2.05) is 38.1 Å². The highest BCUT2D eigenvalue weighted by molar-refractivity contribution is 5.96. The molecule has 0 aliphatic heterocycles. The van der Waals surface area contributed by atoms with Gasteiger partial charge in [-0.3, -0.25) is 4.79 Å². The minimum Gasteiger partial charge on any atom is -0.336 e. The lowest BCUT2D eigenvalue weighted by molar-refractivity contribution is 0.0927. The fraction of sp³-hybridized carbons (Fsp3) is 0.438. The first-order chi connectivity index (χ1) is 8.17. The maximum Gasteiger partial charge on any atom is 0.252 e. The van der Waals surface area contributed by atoms with E-state index in [1.165, 1.54) is 0 Å². The zero-order valence-electron chi connectivity index (χ0n) is 11.8. The summed E-state index contributed by atoms with van der Waals surface area (Å²) in [7, 11) is 0. The van der Waals surface area contributed by atoms with E-state index in [0.717, 1.165) is 5.56 Å². The Labute approximate surface area is 110 Å². The number of carbonyl (C=O) groups is 1. The van der Waals surface area contributed by atoms with Gasteiger partial charge in [0.15, 0.2) is 0 Å². The molecule has 1 amide bonds. The largest absolute Gasteiger partial charge is 0.336 e. The maximum absolute atomic E-state index is 12.3. The van der Waals surface area contributed by atoms with Crippen LogP contribution in [0.15, 0.2) is 24.3 Å². The predicted octanol–water partition coefficient (Wildman–Crippen LogP) is 3.13. The molecule has 0 aliphatic rings. The topological polar surface area (TPSA) is 29.1 Å². The van der Waals surface area contributed by atoms with Crippen molar-refractivity contribution in [2.75, 3.05) is 0 Å². The molecule has 1 rings (SSSR count). The second kappa shape index (κ2) is 4.86. The van der Waals surface area contributed by atoms with Gasteiger partial charge in [-0.2, -0.15) is 0 Å². The normalized spacial score (nSPS) is 11.8. The summed E-state index contributed by atoms with van der Waals surface area (Å²) in [4.78, 5) is 12.3. The summed E-state index contributed by atoms with van der Waals surface area (Å²) >= 11 is 0. The summed E-state index contributed by atoms with van der Waals surface area (Å²) in [6.45, 7) is 9.89. The minimum absolute atomic E-state index is 0.0752. The van der Waals surface area contributed by atoms with Crippen LogP contribution in [0.25, 0.3) is 0 Å². The second-order valence-electron chi connectivity index (χ2n) is 6.02. The lowest BCUT2D eigenvalue weighted by Gasteiger charge is -2.25. The third-order valence-corrected chi connectivity index (χ3v) is 2.77. The Balaban J connectivity index is 3.12. The van der Waals surface area contributed by atoms with E-state index >= 15 is 0 Å². The van der Waals surface area contributed by atoms with Gasteiger partial charge in [-0.1, -0.05) is 44.9 Å². The summed E-state index contributed by atoms with van der Waals surface area (Å²) in [5, 5.41) is 2.86. The average Bonchev–Trinajstić information content (AvgIpc) is 2.27. The summed E-state index contributed by atoms with van der Waals surface area (Å²) < 4.78 is 0. The molecule has 0 atom stereocenters. The molecule has 0 heterocycles. The summed E-state index contributed by atoms with van der Waals surface area (Å²) in [6, 6.07) is 7.64. The number of amides is 1. The van der Waals surface area contributed by atoms with E-state index in [1.54, 1.807) is 0 Å². The molecule has 0 aliphatic carbocycles. The highest BCUT2D eigenvalue weighted by Crippen LogP contribution is 2.25. The van der Waals surface area contributed by atoms with E-state index in [-0.39, 0.29) is 11.3 Å². The molecular formula is C16H21NO. The Kier molecular flexibility index (Phi) is 3.86. The summed E-state index contributed by atoms with van der Waals surface area (Å²) in [5.41, 5.74) is 1.000. The van der Waals surface area contributed by atoms with Crippen molar-refractivity contribution < 1.29 is 4.79 Å². The summed E-state index contributed by atoms with van der Waals surface area (Å²) in [6.07, 6.45) is 5.39. The van der Waals surface area contributed by atoms with Crippen molar-refractivity contribution in [1.29, 1.82) is 0 Å². The molecule has 1 aromatic carbocycles. The molecule has 0 bridgehead atoms. The Hall–Kier alpha value is -1.75. The summed E-state index contributed by atoms with van der Waals surface area (Å²) in [5.74, 6) is 2.45. The van der Waals surface area contributed by atoms with Crippen LogP contribution in [0.2, 0.25) is 0 Å². The average molecular weight is 243 g/mol. The van der Waals surface area contributed by atoms with Crippen molar-refractivity contribution in [1.82, 2.24) is 5.32 Å². The standard InChI is InChI=1S/C16H21NO/c1-7-16(5,6)17-14(18)12-10-8-9-11-13(12)15(2,3)4/h1,8-11H,2-6H3,(H,17,18). The first-order valence-electron chi connectivity index (χ1n) is 6.07. The Morgan fingerprint density at radius 2 is 1.72 bits per heavy atom. The zero-order chi connectivity index (χ0) is 14.0. The van der Waals surface area contributed by atoms with Gasteiger partial charge in [0, 0.05) is 5.56 Å². The van der Waals surface area contributed by atoms with Crippen molar-refractivity contribution in [3.8, 4) is 12.3 Å². The predicted molar refractivity (Wildman–Crippen MR) is 75.5 cm³/mol. The van der Waals surface area contributed by atoms with Crippen molar-refractivity contribution in [3.05, 3.63) is 35.4 Å². The van der Waals surface area contributed by atoms with E-state index < -0.39 is 5.54 Å². The van der Waals surface area contributed by atoms with E-state index in [2.05, 4.69) is 32.0 Å². The number of terminal acetylenes is 1. The smallest absolute Gasteiger partial charge is 0.252 e. The molecule has 2 heteroatoms. The van der Waals surface area contributed by atoms with Crippen LogP contribution in [0.3, 0.4) is 0 Å². The van der Waals surface area contributed by atoms with E-state index in [9.17, 15) is 4.79 Å². The van der Waals surface area contributed by atoms with Gasteiger partial charge in [-0.05, 0) is 30.9 Å². The molecule has 0 unspecified atom stereocenters. The molecule has 96 valence electrons. The number of benzene rings is 1. The highest BCUT2D eigenvalue weighted by Gasteiger charge is 2.24. The van der Waals surface area contributed by atoms with Gasteiger partial charge in [0.2, 0.25) is 0 Å². The van der Waals surface area contributed by atoms with Crippen molar-refractivity contribution in [3.63, 3.8) is 0 Å². The van der Waals surface area contributed by atoms with Crippen LogP contribution in [0, 0.1) is 12.3 Å². The van der Waals surface area contributed by atoms with Crippen LogP contribution in [0.1, 0.15) is 50.5 Å². The molecule has 18 heavy (non-hydrogen) atoms. The minimum atomic E-state index is -0.637. The molecule has 0 saturated carbocycles. The van der Waals surface area contributed by atoms with Crippen molar-refractivity contribution in [2.24, 2.45) is 0 Å². The second-order valence-corrected chi connectivity index (χ2v) is 6.02. The number of hydrogen-bond acceptors (Lipinski definition) is 1. The van der Waals surface area contributed by atoms with Crippen molar-refractivity contribution >= 4 is 5.91 Å². The van der Waals surface area contributed by atoms with E-state index in [0.29, 0.717) is 5.56 Å². The van der Waals surface area contributed by atoms with Crippen LogP contribution in [-0.4, -0.2) is 11.4 Å². The molecular weight excluding hydrogens is 222 g/mol. The Morgan fingerprint density at radius 1 is 1.17 bits per heavy atom. The first-order valence-corrected chi connectivity index (χ1v) is 6.07. The molecule has 0 saturated heterocycles.